The van der Waals surface area contributed by atoms with Crippen LogP contribution in [0, 0.1) is 0 Å². The van der Waals surface area contributed by atoms with Crippen LogP contribution in [0.5, 0.6) is 17.2 Å². The van der Waals surface area contributed by atoms with Gasteiger partial charge in [0, 0.05) is 37.1 Å². The average Bonchev–Trinajstić information content (AvgIpc) is 3.33. The van der Waals surface area contributed by atoms with E-state index in [2.05, 4.69) is 4.90 Å². The molecule has 1 aliphatic heterocycles. The van der Waals surface area contributed by atoms with Crippen molar-refractivity contribution in [2.24, 2.45) is 0 Å². The van der Waals surface area contributed by atoms with Crippen LogP contribution in [0.25, 0.3) is 11.3 Å². The Balaban J connectivity index is 1.49. The highest BCUT2D eigenvalue weighted by molar-refractivity contribution is 7.90. The van der Waals surface area contributed by atoms with E-state index >= 15 is 0 Å². The van der Waals surface area contributed by atoms with Gasteiger partial charge in [0.15, 0.2) is 16.6 Å². The molecule has 1 aromatic heterocycles. The zero-order valence-electron chi connectivity index (χ0n) is 19.5. The van der Waals surface area contributed by atoms with Crippen LogP contribution in [-0.2, 0) is 10.0 Å². The molecular weight excluding hydrogens is 498 g/mol. The van der Waals surface area contributed by atoms with E-state index in [-0.39, 0.29) is 0 Å². The van der Waals surface area contributed by atoms with E-state index in [1.165, 1.54) is 15.6 Å². The number of aromatic nitrogens is 1. The third-order valence-electron chi connectivity index (χ3n) is 6.02. The van der Waals surface area contributed by atoms with E-state index in [4.69, 9.17) is 30.8 Å². The second-order valence-electron chi connectivity index (χ2n) is 8.18. The van der Waals surface area contributed by atoms with Crippen LogP contribution >= 0.6 is 22.9 Å². The first-order chi connectivity index (χ1) is 16.2. The molecule has 2 unspecified atom stereocenters. The van der Waals surface area contributed by atoms with E-state index < -0.39 is 20.1 Å². The normalized spacial score (nSPS) is 23.2. The van der Waals surface area contributed by atoms with Crippen molar-refractivity contribution >= 4 is 38.1 Å². The molecular formula is C23H28ClN3O5S2. The molecule has 1 saturated heterocycles. The van der Waals surface area contributed by atoms with Gasteiger partial charge in [0.2, 0.25) is 15.8 Å². The standard InChI is InChI=1S/C23H28ClN3O5S2/c1-23(24)8-6-5-7-20(23)34(28,29)27-11-9-26(10-12-27)22-25-17(15-33-22)16-13-18(30-2)21(32-4)19(14-16)31-3/h5-8,13-15,20H,9-12H2,1-4H3. The van der Waals surface area contributed by atoms with E-state index in [9.17, 15) is 8.42 Å². The van der Waals surface area contributed by atoms with Crippen LogP contribution in [0.3, 0.4) is 0 Å². The first-order valence-corrected chi connectivity index (χ1v) is 13.5. The van der Waals surface area contributed by atoms with Gasteiger partial charge in [-0.25, -0.2) is 13.4 Å². The number of allylic oxidation sites excluding steroid dienone is 3. The lowest BCUT2D eigenvalue weighted by atomic mass is 10.0. The fraction of sp³-hybridized carbons (Fsp3) is 0.435. The molecule has 1 aromatic carbocycles. The minimum Gasteiger partial charge on any atom is -0.493 e. The van der Waals surface area contributed by atoms with Gasteiger partial charge in [-0.1, -0.05) is 24.3 Å². The lowest BCUT2D eigenvalue weighted by molar-refractivity contribution is 0.324. The molecule has 1 aliphatic carbocycles. The van der Waals surface area contributed by atoms with Crippen LogP contribution < -0.4 is 19.1 Å². The number of sulfonamides is 1. The highest BCUT2D eigenvalue weighted by Crippen LogP contribution is 2.42. The molecule has 0 amide bonds. The number of alkyl halides is 1. The van der Waals surface area contributed by atoms with Crippen molar-refractivity contribution < 1.29 is 22.6 Å². The summed E-state index contributed by atoms with van der Waals surface area (Å²) >= 11 is 8.02. The smallest absolute Gasteiger partial charge is 0.222 e. The second kappa shape index (κ2) is 9.77. The summed E-state index contributed by atoms with van der Waals surface area (Å²) in [4.78, 5) is 5.94. The summed E-state index contributed by atoms with van der Waals surface area (Å²) in [6.45, 7) is 3.58. The minimum absolute atomic E-state index is 0.377. The zero-order chi connectivity index (χ0) is 24.5. The Morgan fingerprint density at radius 1 is 1.06 bits per heavy atom. The maximum Gasteiger partial charge on any atom is 0.222 e. The van der Waals surface area contributed by atoms with Crippen LogP contribution in [-0.4, -0.2) is 75.3 Å². The minimum atomic E-state index is -3.58. The molecule has 8 nitrogen and oxygen atoms in total. The lowest BCUT2D eigenvalue weighted by Gasteiger charge is -2.38. The lowest BCUT2D eigenvalue weighted by Crippen LogP contribution is -2.54. The number of rotatable bonds is 7. The van der Waals surface area contributed by atoms with Crippen molar-refractivity contribution in [1.82, 2.24) is 9.29 Å². The van der Waals surface area contributed by atoms with Crippen molar-refractivity contribution in [3.05, 3.63) is 41.8 Å². The van der Waals surface area contributed by atoms with Gasteiger partial charge in [-0.2, -0.15) is 4.31 Å². The topological polar surface area (TPSA) is 81.2 Å². The van der Waals surface area contributed by atoms with E-state index in [0.29, 0.717) is 43.4 Å². The highest BCUT2D eigenvalue weighted by atomic mass is 35.5. The van der Waals surface area contributed by atoms with Crippen molar-refractivity contribution in [1.29, 1.82) is 0 Å². The Morgan fingerprint density at radius 2 is 1.71 bits per heavy atom. The largest absolute Gasteiger partial charge is 0.493 e. The molecule has 184 valence electrons. The molecule has 0 bridgehead atoms. The second-order valence-corrected chi connectivity index (χ2v) is 11.9. The van der Waals surface area contributed by atoms with Gasteiger partial charge in [0.25, 0.3) is 0 Å². The fourth-order valence-corrected chi connectivity index (χ4v) is 7.46. The molecule has 0 spiro atoms. The maximum atomic E-state index is 13.3. The molecule has 11 heteroatoms. The number of thiazole rings is 1. The number of ether oxygens (including phenoxy) is 3. The van der Waals surface area contributed by atoms with Crippen LogP contribution in [0.2, 0.25) is 0 Å². The molecule has 1 fully saturated rings. The molecule has 2 heterocycles. The number of methoxy groups -OCH3 is 3. The molecule has 2 aromatic rings. The number of benzene rings is 1. The molecule has 2 atom stereocenters. The summed E-state index contributed by atoms with van der Waals surface area (Å²) in [6.07, 6.45) is 6.92. The maximum absolute atomic E-state index is 13.3. The summed E-state index contributed by atoms with van der Waals surface area (Å²) < 4.78 is 44.3. The fourth-order valence-electron chi connectivity index (χ4n) is 4.15. The van der Waals surface area contributed by atoms with E-state index in [1.54, 1.807) is 52.6 Å². The summed E-state index contributed by atoms with van der Waals surface area (Å²) in [5.74, 6) is 1.64. The highest BCUT2D eigenvalue weighted by Gasteiger charge is 2.43. The summed E-state index contributed by atoms with van der Waals surface area (Å²) in [5.41, 5.74) is 1.63. The van der Waals surface area contributed by atoms with Crippen LogP contribution in [0.15, 0.2) is 41.8 Å². The molecule has 34 heavy (non-hydrogen) atoms. The van der Waals surface area contributed by atoms with Crippen molar-refractivity contribution in [2.45, 2.75) is 17.0 Å². The van der Waals surface area contributed by atoms with Gasteiger partial charge in [-0.05, 0) is 19.1 Å². The van der Waals surface area contributed by atoms with Crippen molar-refractivity contribution in [3.63, 3.8) is 0 Å². The Bertz CT molecular complexity index is 1180. The summed E-state index contributed by atoms with van der Waals surface area (Å²) in [6, 6.07) is 3.72. The molecule has 4 rings (SSSR count). The number of halogens is 1. The summed E-state index contributed by atoms with van der Waals surface area (Å²) in [5, 5.41) is 2.02. The van der Waals surface area contributed by atoms with Gasteiger partial charge in [0.05, 0.1) is 31.9 Å². The third-order valence-corrected chi connectivity index (χ3v) is 9.78. The van der Waals surface area contributed by atoms with Gasteiger partial charge in [0.1, 0.15) is 5.25 Å². The predicted octanol–water partition coefficient (Wildman–Crippen LogP) is 3.78. The van der Waals surface area contributed by atoms with Crippen LogP contribution in [0.4, 0.5) is 5.13 Å². The van der Waals surface area contributed by atoms with Crippen molar-refractivity contribution in [2.75, 3.05) is 52.4 Å². The Morgan fingerprint density at radius 3 is 2.26 bits per heavy atom. The number of hydrogen-bond acceptors (Lipinski definition) is 8. The Labute approximate surface area is 209 Å². The predicted molar refractivity (Wildman–Crippen MR) is 136 cm³/mol. The monoisotopic (exact) mass is 525 g/mol. The van der Waals surface area contributed by atoms with Gasteiger partial charge in [-0.3, -0.25) is 0 Å². The van der Waals surface area contributed by atoms with Crippen molar-refractivity contribution in [3.8, 4) is 28.5 Å². The first kappa shape index (κ1) is 24.8. The Kier molecular flexibility index (Phi) is 7.14. The summed E-state index contributed by atoms with van der Waals surface area (Å²) in [7, 11) is 1.14. The van der Waals surface area contributed by atoms with E-state index in [0.717, 1.165) is 16.4 Å². The SMILES string of the molecule is COc1cc(-c2csc(N3CCN(S(=O)(=O)C4C=CC=CC4(C)Cl)CC3)n2)cc(OC)c1OC. The molecule has 2 aliphatic rings. The number of piperazine rings is 1. The molecule has 0 saturated carbocycles. The molecule has 0 radical (unpaired) electrons. The number of nitrogens with zero attached hydrogens (tertiary/aromatic N) is 3. The number of hydrogen-bond donors (Lipinski definition) is 0. The number of anilines is 1. The average molecular weight is 526 g/mol. The van der Waals surface area contributed by atoms with E-state index in [1.807, 2.05) is 17.5 Å². The molecule has 0 N–H and O–H groups in total. The van der Waals surface area contributed by atoms with Gasteiger partial charge in [-0.15, -0.1) is 22.9 Å². The van der Waals surface area contributed by atoms with Gasteiger partial charge >= 0.3 is 0 Å². The van der Waals surface area contributed by atoms with Crippen LogP contribution in [0.1, 0.15) is 6.92 Å². The Hall–Kier alpha value is -2.27. The van der Waals surface area contributed by atoms with Gasteiger partial charge < -0.3 is 19.1 Å². The first-order valence-electron chi connectivity index (χ1n) is 10.8. The quantitative estimate of drug-likeness (QED) is 0.509. The third kappa shape index (κ3) is 4.64. The zero-order valence-corrected chi connectivity index (χ0v) is 21.9.